The topological polar surface area (TPSA) is 12.0 Å². The zero-order chi connectivity index (χ0) is 14.4. The van der Waals surface area contributed by atoms with E-state index in [9.17, 15) is 0 Å². The number of benzene rings is 1. The lowest BCUT2D eigenvalue weighted by Crippen LogP contribution is -2.32. The highest BCUT2D eigenvalue weighted by Crippen LogP contribution is 2.42. The maximum Gasteiger partial charge on any atom is -0.00148 e. The van der Waals surface area contributed by atoms with Crippen molar-refractivity contribution in [1.29, 1.82) is 0 Å². The van der Waals surface area contributed by atoms with E-state index in [-0.39, 0.29) is 0 Å². The molecule has 1 aromatic rings. The fraction of sp³-hybridized carbons (Fsp3) is 0.684. The van der Waals surface area contributed by atoms with Crippen LogP contribution in [0.5, 0.6) is 0 Å². The van der Waals surface area contributed by atoms with Crippen LogP contribution in [0.4, 0.5) is 0 Å². The van der Waals surface area contributed by atoms with Crippen molar-refractivity contribution in [2.24, 2.45) is 11.8 Å². The van der Waals surface area contributed by atoms with Crippen LogP contribution in [0.3, 0.4) is 0 Å². The van der Waals surface area contributed by atoms with Gasteiger partial charge >= 0.3 is 0 Å². The second-order valence-electron chi connectivity index (χ2n) is 6.56. The number of hydrogen-bond donors (Lipinski definition) is 1. The highest BCUT2D eigenvalue weighted by atomic mass is 14.8. The molecule has 1 aliphatic rings. The van der Waals surface area contributed by atoms with Crippen molar-refractivity contribution in [3.05, 3.63) is 35.4 Å². The molecule has 3 unspecified atom stereocenters. The van der Waals surface area contributed by atoms with Gasteiger partial charge < -0.3 is 5.32 Å². The van der Waals surface area contributed by atoms with Crippen molar-refractivity contribution in [3.8, 4) is 0 Å². The van der Waals surface area contributed by atoms with E-state index in [0.717, 1.165) is 24.3 Å². The summed E-state index contributed by atoms with van der Waals surface area (Å²) >= 11 is 0. The van der Waals surface area contributed by atoms with E-state index >= 15 is 0 Å². The van der Waals surface area contributed by atoms with Crippen molar-refractivity contribution in [2.75, 3.05) is 13.1 Å². The van der Waals surface area contributed by atoms with Crippen molar-refractivity contribution in [3.63, 3.8) is 0 Å². The summed E-state index contributed by atoms with van der Waals surface area (Å²) in [5.41, 5.74) is 2.98. The van der Waals surface area contributed by atoms with Crippen molar-refractivity contribution < 1.29 is 0 Å². The van der Waals surface area contributed by atoms with Crippen LogP contribution in [-0.4, -0.2) is 13.1 Å². The highest BCUT2D eigenvalue weighted by molar-refractivity contribution is 5.26. The molecule has 0 aliphatic heterocycles. The standard InChI is InChI=1S/C19H31N/c1-4-7-16-10-11-18(14-20-5-2)19(13-16)17-9-6-8-15(3)12-17/h6,8-9,12,16,18-20H,4-5,7,10-11,13-14H2,1-3H3. The molecular weight excluding hydrogens is 242 g/mol. The van der Waals surface area contributed by atoms with Crippen molar-refractivity contribution in [2.45, 2.75) is 58.8 Å². The molecule has 0 bridgehead atoms. The van der Waals surface area contributed by atoms with E-state index in [2.05, 4.69) is 50.4 Å². The van der Waals surface area contributed by atoms with Gasteiger partial charge in [0.25, 0.3) is 0 Å². The normalized spacial score (nSPS) is 26.6. The maximum absolute atomic E-state index is 3.58. The molecule has 0 heterocycles. The molecular formula is C19H31N. The number of nitrogens with one attached hydrogen (secondary N) is 1. The minimum Gasteiger partial charge on any atom is -0.317 e. The Bertz CT molecular complexity index is 399. The molecule has 1 fully saturated rings. The maximum atomic E-state index is 3.58. The average Bonchev–Trinajstić information content (AvgIpc) is 2.46. The summed E-state index contributed by atoms with van der Waals surface area (Å²) in [6.45, 7) is 9.04. The summed E-state index contributed by atoms with van der Waals surface area (Å²) in [7, 11) is 0. The van der Waals surface area contributed by atoms with E-state index in [1.54, 1.807) is 5.56 Å². The monoisotopic (exact) mass is 273 g/mol. The first-order valence-electron chi connectivity index (χ1n) is 8.51. The molecule has 1 aliphatic carbocycles. The number of rotatable bonds is 6. The fourth-order valence-corrected chi connectivity index (χ4v) is 3.87. The molecule has 0 aromatic heterocycles. The summed E-state index contributed by atoms with van der Waals surface area (Å²) in [4.78, 5) is 0. The van der Waals surface area contributed by atoms with Crippen LogP contribution >= 0.6 is 0 Å². The third-order valence-corrected chi connectivity index (χ3v) is 4.93. The van der Waals surface area contributed by atoms with Gasteiger partial charge in [-0.1, -0.05) is 62.9 Å². The Balaban J connectivity index is 2.12. The van der Waals surface area contributed by atoms with Gasteiger partial charge in [-0.25, -0.2) is 0 Å². The minimum atomic E-state index is 0.763. The quantitative estimate of drug-likeness (QED) is 0.777. The second-order valence-corrected chi connectivity index (χ2v) is 6.56. The van der Waals surface area contributed by atoms with Crippen molar-refractivity contribution >= 4 is 0 Å². The minimum absolute atomic E-state index is 0.763. The Morgan fingerprint density at radius 3 is 2.75 bits per heavy atom. The van der Waals surface area contributed by atoms with Crippen LogP contribution in [0.2, 0.25) is 0 Å². The van der Waals surface area contributed by atoms with E-state index in [0.29, 0.717) is 0 Å². The molecule has 1 N–H and O–H groups in total. The largest absolute Gasteiger partial charge is 0.317 e. The molecule has 0 saturated heterocycles. The Kier molecular flexibility index (Phi) is 6.09. The van der Waals surface area contributed by atoms with E-state index in [4.69, 9.17) is 0 Å². The Morgan fingerprint density at radius 1 is 1.20 bits per heavy atom. The molecule has 1 saturated carbocycles. The van der Waals surface area contributed by atoms with Gasteiger partial charge in [-0.15, -0.1) is 0 Å². The number of hydrogen-bond acceptors (Lipinski definition) is 1. The lowest BCUT2D eigenvalue weighted by molar-refractivity contribution is 0.221. The summed E-state index contributed by atoms with van der Waals surface area (Å²) in [5, 5.41) is 3.58. The van der Waals surface area contributed by atoms with Crippen LogP contribution in [-0.2, 0) is 0 Å². The zero-order valence-corrected chi connectivity index (χ0v) is 13.5. The zero-order valence-electron chi connectivity index (χ0n) is 13.5. The molecule has 0 spiro atoms. The molecule has 2 rings (SSSR count). The van der Waals surface area contributed by atoms with Crippen LogP contribution in [0.1, 0.15) is 63.0 Å². The summed E-state index contributed by atoms with van der Waals surface area (Å²) in [6, 6.07) is 9.22. The predicted molar refractivity (Wildman–Crippen MR) is 88.2 cm³/mol. The lowest BCUT2D eigenvalue weighted by Gasteiger charge is -2.37. The van der Waals surface area contributed by atoms with Crippen molar-refractivity contribution in [1.82, 2.24) is 5.32 Å². The summed E-state index contributed by atoms with van der Waals surface area (Å²) in [5.74, 6) is 2.53. The molecule has 112 valence electrons. The van der Waals surface area contributed by atoms with Crippen LogP contribution in [0, 0.1) is 18.8 Å². The first kappa shape index (κ1) is 15.6. The Labute approximate surface area is 125 Å². The van der Waals surface area contributed by atoms with Gasteiger partial charge in [-0.05, 0) is 56.2 Å². The Hall–Kier alpha value is -0.820. The summed E-state index contributed by atoms with van der Waals surface area (Å²) < 4.78 is 0. The first-order chi connectivity index (χ1) is 9.74. The molecule has 1 aromatic carbocycles. The Morgan fingerprint density at radius 2 is 2.05 bits per heavy atom. The van der Waals surface area contributed by atoms with Gasteiger partial charge in [0.2, 0.25) is 0 Å². The molecule has 1 heteroatoms. The lowest BCUT2D eigenvalue weighted by atomic mass is 9.70. The average molecular weight is 273 g/mol. The van der Waals surface area contributed by atoms with Gasteiger partial charge in [0.15, 0.2) is 0 Å². The van der Waals surface area contributed by atoms with E-state index in [1.165, 1.54) is 44.2 Å². The third kappa shape index (κ3) is 4.09. The van der Waals surface area contributed by atoms with E-state index < -0.39 is 0 Å². The third-order valence-electron chi connectivity index (χ3n) is 4.93. The van der Waals surface area contributed by atoms with Crippen LogP contribution in [0.15, 0.2) is 24.3 Å². The second kappa shape index (κ2) is 7.83. The van der Waals surface area contributed by atoms with Crippen LogP contribution in [0.25, 0.3) is 0 Å². The van der Waals surface area contributed by atoms with Gasteiger partial charge in [0.05, 0.1) is 0 Å². The number of aryl methyl sites for hydroxylation is 1. The highest BCUT2D eigenvalue weighted by Gasteiger charge is 2.30. The van der Waals surface area contributed by atoms with Gasteiger partial charge in [0, 0.05) is 0 Å². The first-order valence-corrected chi connectivity index (χ1v) is 8.51. The molecule has 0 radical (unpaired) electrons. The molecule has 20 heavy (non-hydrogen) atoms. The fourth-order valence-electron chi connectivity index (χ4n) is 3.87. The predicted octanol–water partition coefficient (Wildman–Crippen LogP) is 4.90. The van der Waals surface area contributed by atoms with E-state index in [1.807, 2.05) is 0 Å². The van der Waals surface area contributed by atoms with Gasteiger partial charge in [-0.2, -0.15) is 0 Å². The summed E-state index contributed by atoms with van der Waals surface area (Å²) in [6.07, 6.45) is 6.98. The van der Waals surface area contributed by atoms with Gasteiger partial charge in [-0.3, -0.25) is 0 Å². The SMILES string of the molecule is CCCC1CCC(CNCC)C(c2cccc(C)c2)C1. The van der Waals surface area contributed by atoms with Gasteiger partial charge in [0.1, 0.15) is 0 Å². The smallest absolute Gasteiger partial charge is 0.00148 e. The molecule has 3 atom stereocenters. The molecule has 0 amide bonds. The van der Waals surface area contributed by atoms with Crippen LogP contribution < -0.4 is 5.32 Å². The molecule has 1 nitrogen and oxygen atoms in total.